The molecule has 2 aliphatic heterocycles. The van der Waals surface area contributed by atoms with Gasteiger partial charge in [-0.05, 0) is 18.9 Å². The molecule has 28 heavy (non-hydrogen) atoms. The third-order valence-electron chi connectivity index (χ3n) is 5.31. The van der Waals surface area contributed by atoms with E-state index in [1.165, 1.54) is 18.4 Å². The van der Waals surface area contributed by atoms with Gasteiger partial charge in [0.1, 0.15) is 9.84 Å². The minimum atomic E-state index is -3.02. The van der Waals surface area contributed by atoms with Gasteiger partial charge in [-0.2, -0.15) is 0 Å². The molecule has 3 rings (SSSR count). The van der Waals surface area contributed by atoms with Crippen LogP contribution in [0.1, 0.15) is 23.2 Å². The number of amides is 1. The zero-order valence-corrected chi connectivity index (χ0v) is 16.9. The second kappa shape index (κ2) is 8.44. The molecule has 2 aliphatic rings. The average molecular weight is 410 g/mol. The molecule has 0 N–H and O–H groups in total. The average Bonchev–Trinajstić information content (AvgIpc) is 3.19. The van der Waals surface area contributed by atoms with E-state index in [9.17, 15) is 23.3 Å². The second-order valence-electron chi connectivity index (χ2n) is 7.42. The summed E-state index contributed by atoms with van der Waals surface area (Å²) in [6, 6.07) is 4.51. The summed E-state index contributed by atoms with van der Waals surface area (Å²) in [7, 11) is -3.02. The normalized spacial score (nSPS) is 18.5. The van der Waals surface area contributed by atoms with Crippen LogP contribution in [0.4, 0.5) is 11.4 Å². The monoisotopic (exact) mass is 410 g/mol. The molecular formula is C18H26N4O5S. The molecule has 154 valence electrons. The van der Waals surface area contributed by atoms with E-state index in [2.05, 4.69) is 4.90 Å². The van der Waals surface area contributed by atoms with Crippen LogP contribution in [0, 0.1) is 10.1 Å². The van der Waals surface area contributed by atoms with Crippen molar-refractivity contribution < 1.29 is 18.1 Å². The molecule has 0 atom stereocenters. The summed E-state index contributed by atoms with van der Waals surface area (Å²) < 4.78 is 22.7. The maximum Gasteiger partial charge on any atom is 0.270 e. The molecule has 0 aliphatic carbocycles. The standard InChI is InChI=1S/C18H26N4O5S/c1-28(26,27)13-12-19-8-10-21(11-9-19)18(23)16-14-15(22(24)25)4-5-17(16)20-6-2-3-7-20/h4-5,14H,2-3,6-13H2,1H3. The van der Waals surface area contributed by atoms with Gasteiger partial charge in [-0.25, -0.2) is 8.42 Å². The van der Waals surface area contributed by atoms with Crippen LogP contribution in [0.25, 0.3) is 0 Å². The molecule has 9 nitrogen and oxygen atoms in total. The number of piperazine rings is 1. The van der Waals surface area contributed by atoms with E-state index in [0.717, 1.165) is 31.6 Å². The lowest BCUT2D eigenvalue weighted by molar-refractivity contribution is -0.384. The van der Waals surface area contributed by atoms with Gasteiger partial charge in [0.25, 0.3) is 11.6 Å². The van der Waals surface area contributed by atoms with Crippen molar-refractivity contribution in [2.45, 2.75) is 12.8 Å². The van der Waals surface area contributed by atoms with Crippen molar-refractivity contribution in [2.24, 2.45) is 0 Å². The lowest BCUT2D eigenvalue weighted by Crippen LogP contribution is -2.49. The fourth-order valence-electron chi connectivity index (χ4n) is 3.68. The lowest BCUT2D eigenvalue weighted by atomic mass is 10.1. The molecule has 0 radical (unpaired) electrons. The number of carbonyl (C=O) groups excluding carboxylic acids is 1. The van der Waals surface area contributed by atoms with Crippen LogP contribution < -0.4 is 4.90 Å². The van der Waals surface area contributed by atoms with Crippen LogP contribution in [0.2, 0.25) is 0 Å². The minimum absolute atomic E-state index is 0.0851. The van der Waals surface area contributed by atoms with Crippen molar-refractivity contribution >= 4 is 27.1 Å². The Labute approximate surface area is 165 Å². The van der Waals surface area contributed by atoms with E-state index in [1.54, 1.807) is 11.0 Å². The Morgan fingerprint density at radius 2 is 1.75 bits per heavy atom. The Bertz CT molecular complexity index is 844. The van der Waals surface area contributed by atoms with E-state index in [-0.39, 0.29) is 17.3 Å². The fraction of sp³-hybridized carbons (Fsp3) is 0.611. The number of benzene rings is 1. The van der Waals surface area contributed by atoms with Crippen molar-refractivity contribution in [2.75, 3.05) is 62.7 Å². The van der Waals surface area contributed by atoms with Crippen molar-refractivity contribution in [3.63, 3.8) is 0 Å². The molecule has 1 amide bonds. The first kappa shape index (κ1) is 20.5. The Balaban J connectivity index is 1.73. The van der Waals surface area contributed by atoms with Gasteiger partial charge in [0, 0.05) is 64.2 Å². The Kier molecular flexibility index (Phi) is 6.19. The third-order valence-corrected chi connectivity index (χ3v) is 6.23. The van der Waals surface area contributed by atoms with E-state index >= 15 is 0 Å². The largest absolute Gasteiger partial charge is 0.371 e. The van der Waals surface area contributed by atoms with Gasteiger partial charge in [0.2, 0.25) is 0 Å². The zero-order valence-electron chi connectivity index (χ0n) is 16.0. The smallest absolute Gasteiger partial charge is 0.270 e. The quantitative estimate of drug-likeness (QED) is 0.509. The lowest BCUT2D eigenvalue weighted by Gasteiger charge is -2.35. The topological polar surface area (TPSA) is 104 Å². The summed E-state index contributed by atoms with van der Waals surface area (Å²) in [5.41, 5.74) is 1.05. The number of hydrogen-bond acceptors (Lipinski definition) is 7. The predicted molar refractivity (Wildman–Crippen MR) is 107 cm³/mol. The summed E-state index contributed by atoms with van der Waals surface area (Å²) in [6.45, 7) is 4.28. The molecule has 0 spiro atoms. The highest BCUT2D eigenvalue weighted by atomic mass is 32.2. The Morgan fingerprint density at radius 3 is 2.32 bits per heavy atom. The molecule has 1 aromatic carbocycles. The summed E-state index contributed by atoms with van der Waals surface area (Å²) in [4.78, 5) is 29.7. The van der Waals surface area contributed by atoms with Crippen LogP contribution in [0.15, 0.2) is 18.2 Å². The number of non-ortho nitro benzene ring substituents is 1. The van der Waals surface area contributed by atoms with Crippen molar-refractivity contribution in [1.82, 2.24) is 9.80 Å². The molecule has 1 aromatic rings. The van der Waals surface area contributed by atoms with Gasteiger partial charge < -0.3 is 9.80 Å². The maximum atomic E-state index is 13.1. The maximum absolute atomic E-state index is 13.1. The number of hydrogen-bond donors (Lipinski definition) is 0. The SMILES string of the molecule is CS(=O)(=O)CCN1CCN(C(=O)c2cc([N+](=O)[O-])ccc2N2CCCC2)CC1. The first-order chi connectivity index (χ1) is 13.2. The number of nitrogens with zero attached hydrogens (tertiary/aromatic N) is 4. The highest BCUT2D eigenvalue weighted by Crippen LogP contribution is 2.29. The molecule has 0 aromatic heterocycles. The number of nitro groups is 1. The number of nitro benzene ring substituents is 1. The summed E-state index contributed by atoms with van der Waals surface area (Å²) in [5.74, 6) is -0.0985. The minimum Gasteiger partial charge on any atom is -0.371 e. The molecular weight excluding hydrogens is 384 g/mol. The van der Waals surface area contributed by atoms with Gasteiger partial charge in [-0.3, -0.25) is 19.8 Å². The Morgan fingerprint density at radius 1 is 1.11 bits per heavy atom. The molecule has 0 bridgehead atoms. The summed E-state index contributed by atoms with van der Waals surface area (Å²) in [6.07, 6.45) is 3.31. The first-order valence-corrected chi connectivity index (χ1v) is 11.5. The number of sulfone groups is 1. The number of anilines is 1. The predicted octanol–water partition coefficient (Wildman–Crippen LogP) is 0.997. The Hall–Kier alpha value is -2.20. The second-order valence-corrected chi connectivity index (χ2v) is 9.68. The number of rotatable bonds is 6. The number of carbonyl (C=O) groups is 1. The molecule has 2 fully saturated rings. The first-order valence-electron chi connectivity index (χ1n) is 9.47. The van der Waals surface area contributed by atoms with Crippen molar-refractivity contribution in [3.8, 4) is 0 Å². The van der Waals surface area contributed by atoms with Gasteiger partial charge in [0.05, 0.1) is 21.9 Å². The van der Waals surface area contributed by atoms with Crippen LogP contribution in [-0.4, -0.2) is 86.9 Å². The van der Waals surface area contributed by atoms with Crippen LogP contribution in [0.5, 0.6) is 0 Å². The highest BCUT2D eigenvalue weighted by molar-refractivity contribution is 7.90. The van der Waals surface area contributed by atoms with Crippen LogP contribution in [-0.2, 0) is 9.84 Å². The van der Waals surface area contributed by atoms with Gasteiger partial charge >= 0.3 is 0 Å². The van der Waals surface area contributed by atoms with Gasteiger partial charge in [-0.15, -0.1) is 0 Å². The fourth-order valence-corrected chi connectivity index (χ4v) is 4.27. The molecule has 2 saturated heterocycles. The van der Waals surface area contributed by atoms with E-state index < -0.39 is 14.8 Å². The van der Waals surface area contributed by atoms with Crippen molar-refractivity contribution in [1.29, 1.82) is 0 Å². The van der Waals surface area contributed by atoms with Crippen molar-refractivity contribution in [3.05, 3.63) is 33.9 Å². The van der Waals surface area contributed by atoms with Crippen LogP contribution in [0.3, 0.4) is 0 Å². The van der Waals surface area contributed by atoms with E-state index in [4.69, 9.17) is 0 Å². The molecule has 0 unspecified atom stereocenters. The highest BCUT2D eigenvalue weighted by Gasteiger charge is 2.28. The zero-order chi connectivity index (χ0) is 20.3. The summed E-state index contributed by atoms with van der Waals surface area (Å²) >= 11 is 0. The van der Waals surface area contributed by atoms with Gasteiger partial charge in [-0.1, -0.05) is 0 Å². The molecule has 10 heteroatoms. The van der Waals surface area contributed by atoms with Crippen LogP contribution >= 0.6 is 0 Å². The van der Waals surface area contributed by atoms with E-state index in [1.807, 2.05) is 4.90 Å². The third kappa shape index (κ3) is 4.99. The summed E-state index contributed by atoms with van der Waals surface area (Å²) in [5, 5.41) is 11.2. The molecule has 2 heterocycles. The van der Waals surface area contributed by atoms with Gasteiger partial charge in [0.15, 0.2) is 0 Å². The molecule has 0 saturated carbocycles. The van der Waals surface area contributed by atoms with E-state index in [0.29, 0.717) is 38.3 Å².